The Bertz CT molecular complexity index is 1290. The topological polar surface area (TPSA) is 85.3 Å². The summed E-state index contributed by atoms with van der Waals surface area (Å²) in [5.74, 6) is -4.02. The molecular weight excluding hydrogens is 428 g/mol. The lowest BCUT2D eigenvalue weighted by atomic mass is 9.76. The van der Waals surface area contributed by atoms with Gasteiger partial charge in [0.1, 0.15) is 5.38 Å². The molecule has 32 heavy (non-hydrogen) atoms. The number of halogens is 1. The average Bonchev–Trinajstić information content (AvgIpc) is 2.78. The van der Waals surface area contributed by atoms with Gasteiger partial charge < -0.3 is 0 Å². The van der Waals surface area contributed by atoms with Crippen LogP contribution in [0.5, 0.6) is 0 Å². The van der Waals surface area contributed by atoms with Gasteiger partial charge in [0.25, 0.3) is 0 Å². The molecule has 1 atom stereocenters. The lowest BCUT2D eigenvalue weighted by molar-refractivity contribution is -0.111. The van der Waals surface area contributed by atoms with E-state index in [1.807, 2.05) is 13.8 Å². The number of aryl methyl sites for hydroxylation is 1. The number of benzene rings is 2. The summed E-state index contributed by atoms with van der Waals surface area (Å²) in [6.45, 7) is 3.98. The van der Waals surface area contributed by atoms with Crippen LogP contribution in [0.3, 0.4) is 0 Å². The second kappa shape index (κ2) is 8.24. The normalized spacial score (nSPS) is 20.2. The van der Waals surface area contributed by atoms with Crippen molar-refractivity contribution in [2.45, 2.75) is 32.1 Å². The molecule has 2 aromatic carbocycles. The number of Topliss-reactive ketones (excluding diaryl/α,β-unsaturated/α-hetero) is 5. The third-order valence-electron chi connectivity index (χ3n) is 5.65. The Kier molecular flexibility index (Phi) is 5.61. The van der Waals surface area contributed by atoms with Crippen molar-refractivity contribution in [3.05, 3.63) is 93.1 Å². The lowest BCUT2D eigenvalue weighted by Crippen LogP contribution is -2.38. The molecule has 2 aromatic rings. The van der Waals surface area contributed by atoms with E-state index in [9.17, 15) is 24.0 Å². The van der Waals surface area contributed by atoms with Gasteiger partial charge in [-0.25, -0.2) is 0 Å². The number of hydrogen-bond acceptors (Lipinski definition) is 5. The molecule has 4 rings (SSSR count). The number of carbonyl (C=O) groups excluding carboxylic acids is 5. The standard InChI is InChI=1S/C26H19ClO5/c1-13(2)6-5-7-14-10-11-17-18(12-14)25(31)26(32)20(23(17)29)19-21(27)24(30)16-9-4-3-8-15(16)22(19)28/h3-4,6,8-12,21H,5,7H2,1-2H3/b20-19+. The first-order valence-electron chi connectivity index (χ1n) is 10.2. The molecule has 0 saturated heterocycles. The molecule has 0 aromatic heterocycles. The van der Waals surface area contributed by atoms with Crippen molar-refractivity contribution in [3.63, 3.8) is 0 Å². The Balaban J connectivity index is 1.82. The fraction of sp³-hybridized carbons (Fsp3) is 0.192. The summed E-state index contributed by atoms with van der Waals surface area (Å²) in [6, 6.07) is 10.8. The first-order chi connectivity index (χ1) is 15.2. The van der Waals surface area contributed by atoms with Crippen LogP contribution in [-0.2, 0) is 11.2 Å². The predicted molar refractivity (Wildman–Crippen MR) is 120 cm³/mol. The van der Waals surface area contributed by atoms with Crippen molar-refractivity contribution in [1.82, 2.24) is 0 Å². The molecule has 160 valence electrons. The highest BCUT2D eigenvalue weighted by Gasteiger charge is 2.45. The predicted octanol–water partition coefficient (Wildman–Crippen LogP) is 4.52. The van der Waals surface area contributed by atoms with Gasteiger partial charge in [0, 0.05) is 27.8 Å². The fourth-order valence-corrected chi connectivity index (χ4v) is 4.37. The van der Waals surface area contributed by atoms with Crippen LogP contribution in [0.1, 0.15) is 67.3 Å². The van der Waals surface area contributed by atoms with Crippen molar-refractivity contribution >= 4 is 40.5 Å². The first kappa shape index (κ1) is 21.8. The third kappa shape index (κ3) is 3.49. The monoisotopic (exact) mass is 446 g/mol. The molecule has 0 amide bonds. The smallest absolute Gasteiger partial charge is 0.237 e. The molecular formula is C26H19ClO5. The second-order valence-electron chi connectivity index (χ2n) is 8.08. The molecule has 0 spiro atoms. The zero-order chi connectivity index (χ0) is 23.2. The summed E-state index contributed by atoms with van der Waals surface area (Å²) in [6.07, 6.45) is 3.47. The zero-order valence-corrected chi connectivity index (χ0v) is 18.3. The largest absolute Gasteiger partial charge is 0.292 e. The SMILES string of the molecule is CC(C)=CCCc1ccc2c(c1)C(=O)C(=O)/C(=C1/C(=O)c3ccccc3C(=O)C1Cl)C2=O. The van der Waals surface area contributed by atoms with E-state index in [4.69, 9.17) is 11.6 Å². The molecule has 0 heterocycles. The highest BCUT2D eigenvalue weighted by molar-refractivity contribution is 6.61. The van der Waals surface area contributed by atoms with Gasteiger partial charge in [-0.2, -0.15) is 0 Å². The molecule has 0 N–H and O–H groups in total. The summed E-state index contributed by atoms with van der Waals surface area (Å²) in [5, 5.41) is -1.52. The number of fused-ring (bicyclic) bond motifs is 2. The van der Waals surface area contributed by atoms with Crippen LogP contribution in [0.25, 0.3) is 0 Å². The molecule has 2 aliphatic rings. The van der Waals surface area contributed by atoms with E-state index in [2.05, 4.69) is 6.08 Å². The first-order valence-corrected chi connectivity index (χ1v) is 10.6. The molecule has 1 unspecified atom stereocenters. The Morgan fingerprint density at radius 2 is 1.47 bits per heavy atom. The van der Waals surface area contributed by atoms with Crippen molar-refractivity contribution in [2.75, 3.05) is 0 Å². The number of alkyl halides is 1. The van der Waals surface area contributed by atoms with Crippen molar-refractivity contribution in [3.8, 4) is 0 Å². The van der Waals surface area contributed by atoms with Crippen molar-refractivity contribution in [1.29, 1.82) is 0 Å². The summed E-state index contributed by atoms with van der Waals surface area (Å²) in [4.78, 5) is 64.9. The van der Waals surface area contributed by atoms with E-state index in [1.54, 1.807) is 24.3 Å². The minimum absolute atomic E-state index is 0.0140. The van der Waals surface area contributed by atoms with E-state index in [-0.39, 0.29) is 22.3 Å². The number of ketones is 5. The van der Waals surface area contributed by atoms with Crippen LogP contribution in [-0.4, -0.2) is 34.3 Å². The van der Waals surface area contributed by atoms with Gasteiger partial charge in [-0.1, -0.05) is 48.0 Å². The Labute approximate surface area is 189 Å². The minimum Gasteiger partial charge on any atom is -0.292 e. The Morgan fingerprint density at radius 1 is 0.812 bits per heavy atom. The minimum atomic E-state index is -1.52. The van der Waals surface area contributed by atoms with Gasteiger partial charge in [0.05, 0.1) is 5.57 Å². The number of hydrogen-bond donors (Lipinski definition) is 0. The highest BCUT2D eigenvalue weighted by Crippen LogP contribution is 2.35. The Hall–Kier alpha value is -3.44. The van der Waals surface area contributed by atoms with Crippen LogP contribution in [0.2, 0.25) is 0 Å². The second-order valence-corrected chi connectivity index (χ2v) is 8.51. The van der Waals surface area contributed by atoms with E-state index in [1.165, 1.54) is 23.8 Å². The maximum absolute atomic E-state index is 13.2. The highest BCUT2D eigenvalue weighted by atomic mass is 35.5. The van der Waals surface area contributed by atoms with Gasteiger partial charge in [0.15, 0.2) is 17.3 Å². The lowest BCUT2D eigenvalue weighted by Gasteiger charge is -2.25. The molecule has 0 fully saturated rings. The van der Waals surface area contributed by atoms with Crippen LogP contribution >= 0.6 is 11.6 Å². The maximum Gasteiger partial charge on any atom is 0.237 e. The fourth-order valence-electron chi connectivity index (χ4n) is 4.04. The van der Waals surface area contributed by atoms with Crippen LogP contribution in [0.4, 0.5) is 0 Å². The summed E-state index contributed by atoms with van der Waals surface area (Å²) < 4.78 is 0. The maximum atomic E-state index is 13.2. The molecule has 6 heteroatoms. The summed E-state index contributed by atoms with van der Waals surface area (Å²) in [7, 11) is 0. The summed E-state index contributed by atoms with van der Waals surface area (Å²) >= 11 is 6.25. The van der Waals surface area contributed by atoms with Gasteiger partial charge in [-0.3, -0.25) is 24.0 Å². The van der Waals surface area contributed by atoms with Crippen LogP contribution in [0.15, 0.2) is 65.3 Å². The van der Waals surface area contributed by atoms with Crippen molar-refractivity contribution in [2.24, 2.45) is 0 Å². The number of allylic oxidation sites excluding steroid dienone is 4. The number of carbonyl (C=O) groups is 5. The molecule has 2 aliphatic carbocycles. The molecule has 0 aliphatic heterocycles. The van der Waals surface area contributed by atoms with Gasteiger partial charge >= 0.3 is 0 Å². The van der Waals surface area contributed by atoms with E-state index < -0.39 is 45.4 Å². The zero-order valence-electron chi connectivity index (χ0n) is 17.5. The molecule has 0 saturated carbocycles. The van der Waals surface area contributed by atoms with Gasteiger partial charge in [-0.15, -0.1) is 11.6 Å². The van der Waals surface area contributed by atoms with E-state index in [0.29, 0.717) is 6.42 Å². The Morgan fingerprint density at radius 3 is 2.16 bits per heavy atom. The van der Waals surface area contributed by atoms with Crippen LogP contribution in [0, 0.1) is 0 Å². The number of rotatable bonds is 3. The van der Waals surface area contributed by atoms with Crippen molar-refractivity contribution < 1.29 is 24.0 Å². The third-order valence-corrected chi connectivity index (χ3v) is 6.07. The van der Waals surface area contributed by atoms with E-state index >= 15 is 0 Å². The average molecular weight is 447 g/mol. The van der Waals surface area contributed by atoms with Gasteiger partial charge in [0.2, 0.25) is 11.6 Å². The van der Waals surface area contributed by atoms with Crippen LogP contribution < -0.4 is 0 Å². The molecule has 0 radical (unpaired) electrons. The molecule has 0 bridgehead atoms. The van der Waals surface area contributed by atoms with E-state index in [0.717, 1.165) is 12.0 Å². The quantitative estimate of drug-likeness (QED) is 0.227. The molecule has 5 nitrogen and oxygen atoms in total. The summed E-state index contributed by atoms with van der Waals surface area (Å²) in [5.41, 5.74) is 1.20. The van der Waals surface area contributed by atoms with Gasteiger partial charge in [-0.05, 0) is 38.3 Å².